The highest BCUT2D eigenvalue weighted by molar-refractivity contribution is 9.10. The van der Waals surface area contributed by atoms with Crippen molar-refractivity contribution in [3.05, 3.63) is 51.5 Å². The molecule has 0 saturated heterocycles. The Morgan fingerprint density at radius 1 is 1.22 bits per heavy atom. The van der Waals surface area contributed by atoms with Crippen molar-refractivity contribution in [1.82, 2.24) is 0 Å². The molecule has 122 valence electrons. The molecular weight excluding hydrogens is 362 g/mol. The molecule has 0 unspecified atom stereocenters. The summed E-state index contributed by atoms with van der Waals surface area (Å²) in [5.74, 6) is 0.344. The van der Waals surface area contributed by atoms with Crippen LogP contribution >= 0.6 is 15.9 Å². The first-order chi connectivity index (χ1) is 11.0. The summed E-state index contributed by atoms with van der Waals surface area (Å²) in [5.41, 5.74) is 2.64. The standard InChI is InChI=1S/C17H18BrNO4/c1-10-11(17(20)21)5-4-6-14(10)19-9-12-13(18)7-8-15(22-2)16(12)23-3/h4-8,19H,9H2,1-3H3,(H,20,21). The molecule has 0 radical (unpaired) electrons. The molecule has 0 bridgehead atoms. The fourth-order valence-corrected chi connectivity index (χ4v) is 2.83. The summed E-state index contributed by atoms with van der Waals surface area (Å²) in [7, 11) is 3.17. The Balaban J connectivity index is 2.32. The molecule has 0 amide bonds. The summed E-state index contributed by atoms with van der Waals surface area (Å²) < 4.78 is 11.6. The normalized spacial score (nSPS) is 10.3. The van der Waals surface area contributed by atoms with Gasteiger partial charge in [-0.2, -0.15) is 0 Å². The largest absolute Gasteiger partial charge is 0.493 e. The maximum Gasteiger partial charge on any atom is 0.336 e. The van der Waals surface area contributed by atoms with E-state index in [0.717, 1.165) is 15.7 Å². The van der Waals surface area contributed by atoms with Crippen LogP contribution in [0.25, 0.3) is 0 Å². The van der Waals surface area contributed by atoms with E-state index >= 15 is 0 Å². The van der Waals surface area contributed by atoms with Crippen LogP contribution < -0.4 is 14.8 Å². The number of aromatic carboxylic acids is 1. The van der Waals surface area contributed by atoms with Crippen LogP contribution in [0.1, 0.15) is 21.5 Å². The topological polar surface area (TPSA) is 67.8 Å². The van der Waals surface area contributed by atoms with E-state index in [1.807, 2.05) is 18.2 Å². The number of benzene rings is 2. The fourth-order valence-electron chi connectivity index (χ4n) is 2.37. The lowest BCUT2D eigenvalue weighted by atomic mass is 10.1. The maximum atomic E-state index is 11.2. The molecule has 0 spiro atoms. The van der Waals surface area contributed by atoms with Crippen LogP contribution in [0.3, 0.4) is 0 Å². The van der Waals surface area contributed by atoms with Crippen molar-refractivity contribution < 1.29 is 19.4 Å². The van der Waals surface area contributed by atoms with Gasteiger partial charge < -0.3 is 19.9 Å². The first kappa shape index (κ1) is 17.1. The Morgan fingerprint density at radius 2 is 1.96 bits per heavy atom. The van der Waals surface area contributed by atoms with E-state index in [-0.39, 0.29) is 5.56 Å². The number of halogens is 1. The second-order valence-electron chi connectivity index (χ2n) is 4.90. The van der Waals surface area contributed by atoms with E-state index in [1.54, 1.807) is 33.3 Å². The molecule has 2 aromatic carbocycles. The third kappa shape index (κ3) is 3.59. The van der Waals surface area contributed by atoms with Gasteiger partial charge in [0.05, 0.1) is 19.8 Å². The predicted octanol–water partition coefficient (Wildman–Crippen LogP) is 4.09. The first-order valence-corrected chi connectivity index (χ1v) is 7.75. The van der Waals surface area contributed by atoms with E-state index in [1.165, 1.54) is 0 Å². The van der Waals surface area contributed by atoms with Crippen LogP contribution in [0.4, 0.5) is 5.69 Å². The fraction of sp³-hybridized carbons (Fsp3) is 0.235. The maximum absolute atomic E-state index is 11.2. The molecule has 5 nitrogen and oxygen atoms in total. The number of ether oxygens (including phenoxy) is 2. The van der Waals surface area contributed by atoms with Gasteiger partial charge in [0.2, 0.25) is 0 Å². The van der Waals surface area contributed by atoms with Gasteiger partial charge in [0.15, 0.2) is 11.5 Å². The average molecular weight is 380 g/mol. The summed E-state index contributed by atoms with van der Waals surface area (Å²) >= 11 is 3.51. The zero-order valence-corrected chi connectivity index (χ0v) is 14.7. The molecule has 2 N–H and O–H groups in total. The van der Waals surface area contributed by atoms with Crippen LogP contribution in [-0.4, -0.2) is 25.3 Å². The minimum atomic E-state index is -0.939. The van der Waals surface area contributed by atoms with E-state index in [9.17, 15) is 9.90 Å². The molecule has 0 heterocycles. The molecule has 2 rings (SSSR count). The molecule has 6 heteroatoms. The van der Waals surface area contributed by atoms with Gasteiger partial charge >= 0.3 is 5.97 Å². The number of methoxy groups -OCH3 is 2. The lowest BCUT2D eigenvalue weighted by Crippen LogP contribution is -2.07. The molecular formula is C17H18BrNO4. The molecule has 0 atom stereocenters. The highest BCUT2D eigenvalue weighted by Gasteiger charge is 2.15. The van der Waals surface area contributed by atoms with Crippen molar-refractivity contribution in [3.8, 4) is 11.5 Å². The van der Waals surface area contributed by atoms with Gasteiger partial charge in [-0.25, -0.2) is 4.79 Å². The number of carboxylic acids is 1. The monoisotopic (exact) mass is 379 g/mol. The van der Waals surface area contributed by atoms with Crippen molar-refractivity contribution in [2.45, 2.75) is 13.5 Å². The van der Waals surface area contributed by atoms with Crippen molar-refractivity contribution >= 4 is 27.6 Å². The number of hydrogen-bond donors (Lipinski definition) is 2. The van der Waals surface area contributed by atoms with Gasteiger partial charge in [0.1, 0.15) is 0 Å². The van der Waals surface area contributed by atoms with E-state index in [4.69, 9.17) is 9.47 Å². The minimum Gasteiger partial charge on any atom is -0.493 e. The second-order valence-corrected chi connectivity index (χ2v) is 5.75. The number of carboxylic acid groups (broad SMARTS) is 1. The third-order valence-electron chi connectivity index (χ3n) is 3.61. The summed E-state index contributed by atoms with van der Waals surface area (Å²) in [6, 6.07) is 8.87. The zero-order valence-electron chi connectivity index (χ0n) is 13.1. The van der Waals surface area contributed by atoms with E-state index in [2.05, 4.69) is 21.2 Å². The Morgan fingerprint density at radius 3 is 2.57 bits per heavy atom. The lowest BCUT2D eigenvalue weighted by Gasteiger charge is -2.17. The molecule has 2 aromatic rings. The zero-order chi connectivity index (χ0) is 17.0. The summed E-state index contributed by atoms with van der Waals surface area (Å²) in [5, 5.41) is 12.5. The summed E-state index contributed by atoms with van der Waals surface area (Å²) in [6.45, 7) is 2.24. The van der Waals surface area contributed by atoms with Crippen molar-refractivity contribution in [2.24, 2.45) is 0 Å². The van der Waals surface area contributed by atoms with Crippen LogP contribution in [0.15, 0.2) is 34.8 Å². The van der Waals surface area contributed by atoms with E-state index in [0.29, 0.717) is 23.6 Å². The van der Waals surface area contributed by atoms with Crippen LogP contribution in [0.2, 0.25) is 0 Å². The molecule has 0 aliphatic rings. The Hall–Kier alpha value is -2.21. The van der Waals surface area contributed by atoms with Crippen molar-refractivity contribution in [3.63, 3.8) is 0 Å². The quantitative estimate of drug-likeness (QED) is 0.790. The Kier molecular flexibility index (Phi) is 5.50. The van der Waals surface area contributed by atoms with Gasteiger partial charge in [0.25, 0.3) is 0 Å². The smallest absolute Gasteiger partial charge is 0.336 e. The molecule has 0 aliphatic heterocycles. The summed E-state index contributed by atoms with van der Waals surface area (Å²) in [6.07, 6.45) is 0. The molecule has 0 saturated carbocycles. The number of nitrogens with one attached hydrogen (secondary N) is 1. The van der Waals surface area contributed by atoms with Gasteiger partial charge in [-0.3, -0.25) is 0 Å². The molecule has 23 heavy (non-hydrogen) atoms. The molecule has 0 aliphatic carbocycles. The minimum absolute atomic E-state index is 0.284. The third-order valence-corrected chi connectivity index (χ3v) is 4.35. The highest BCUT2D eigenvalue weighted by Crippen LogP contribution is 2.36. The van der Waals surface area contributed by atoms with Crippen LogP contribution in [-0.2, 0) is 6.54 Å². The number of rotatable bonds is 6. The van der Waals surface area contributed by atoms with Crippen molar-refractivity contribution in [1.29, 1.82) is 0 Å². The average Bonchev–Trinajstić information content (AvgIpc) is 2.54. The number of carbonyl (C=O) groups is 1. The first-order valence-electron chi connectivity index (χ1n) is 6.95. The number of anilines is 1. The Labute approximate surface area is 143 Å². The molecule has 0 fully saturated rings. The van der Waals surface area contributed by atoms with Crippen LogP contribution in [0.5, 0.6) is 11.5 Å². The number of hydrogen-bond acceptors (Lipinski definition) is 4. The SMILES string of the molecule is COc1ccc(Br)c(CNc2cccc(C(=O)O)c2C)c1OC. The Bertz CT molecular complexity index is 731. The summed E-state index contributed by atoms with van der Waals surface area (Å²) in [4.78, 5) is 11.2. The highest BCUT2D eigenvalue weighted by atomic mass is 79.9. The van der Waals surface area contributed by atoms with E-state index < -0.39 is 5.97 Å². The predicted molar refractivity (Wildman–Crippen MR) is 92.7 cm³/mol. The van der Waals surface area contributed by atoms with Crippen molar-refractivity contribution in [2.75, 3.05) is 19.5 Å². The lowest BCUT2D eigenvalue weighted by molar-refractivity contribution is 0.0696. The van der Waals surface area contributed by atoms with Crippen LogP contribution in [0, 0.1) is 6.92 Å². The second kappa shape index (κ2) is 7.37. The van der Waals surface area contributed by atoms with Gasteiger partial charge in [0, 0.05) is 22.3 Å². The van der Waals surface area contributed by atoms with Gasteiger partial charge in [-0.1, -0.05) is 22.0 Å². The molecule has 0 aromatic heterocycles. The van der Waals surface area contributed by atoms with Gasteiger partial charge in [-0.15, -0.1) is 0 Å². The van der Waals surface area contributed by atoms with Gasteiger partial charge in [-0.05, 0) is 36.8 Å².